The Balaban J connectivity index is 2.05. The van der Waals surface area contributed by atoms with Crippen LogP contribution in [0.5, 0.6) is 0 Å². The van der Waals surface area contributed by atoms with Crippen molar-refractivity contribution in [3.63, 3.8) is 0 Å². The summed E-state index contributed by atoms with van der Waals surface area (Å²) in [7, 11) is -0.410. The van der Waals surface area contributed by atoms with Gasteiger partial charge in [0, 0.05) is 14.1 Å². The van der Waals surface area contributed by atoms with Crippen molar-refractivity contribution in [1.29, 1.82) is 0 Å². The fourth-order valence-electron chi connectivity index (χ4n) is 3.41. The first-order valence-corrected chi connectivity index (χ1v) is 11.6. The van der Waals surface area contributed by atoms with E-state index in [4.69, 9.17) is 0 Å². The average molecular weight is 430 g/mol. The molecule has 1 aromatic heterocycles. The van der Waals surface area contributed by atoms with Gasteiger partial charge in [0.1, 0.15) is 0 Å². The van der Waals surface area contributed by atoms with Crippen molar-refractivity contribution < 1.29 is 13.2 Å². The molecule has 0 saturated carbocycles. The van der Waals surface area contributed by atoms with Crippen LogP contribution < -0.4 is 11.0 Å². The highest BCUT2D eigenvalue weighted by Crippen LogP contribution is 2.29. The fraction of sp³-hybridized carbons (Fsp3) is 0.364. The van der Waals surface area contributed by atoms with Gasteiger partial charge in [-0.25, -0.2) is 13.2 Å². The molecule has 0 bridgehead atoms. The molecule has 1 heterocycles. The number of amides is 1. The van der Waals surface area contributed by atoms with Gasteiger partial charge >= 0.3 is 5.69 Å². The number of aryl methyl sites for hydroxylation is 3. The largest absolute Gasteiger partial charge is 0.328 e. The molecule has 3 aromatic rings. The Labute approximate surface area is 176 Å². The molecule has 1 amide bonds. The van der Waals surface area contributed by atoms with Crippen LogP contribution >= 0.6 is 0 Å². The number of aromatic nitrogens is 2. The summed E-state index contributed by atoms with van der Waals surface area (Å²) in [5.41, 5.74) is 2.94. The molecule has 30 heavy (non-hydrogen) atoms. The topological polar surface area (TPSA) is 90.2 Å². The normalized spacial score (nSPS) is 11.7. The van der Waals surface area contributed by atoms with E-state index >= 15 is 0 Å². The average Bonchev–Trinajstić information content (AvgIpc) is 2.91. The first-order chi connectivity index (χ1) is 14.1. The summed E-state index contributed by atoms with van der Waals surface area (Å²) in [6.07, 6.45) is 1.38. The molecule has 0 aliphatic carbocycles. The van der Waals surface area contributed by atoms with E-state index in [1.54, 1.807) is 20.2 Å². The first-order valence-electron chi connectivity index (χ1n) is 9.91. The number of imidazole rings is 1. The van der Waals surface area contributed by atoms with Crippen LogP contribution in [0.15, 0.2) is 46.1 Å². The zero-order chi connectivity index (χ0) is 22.1. The highest BCUT2D eigenvalue weighted by molar-refractivity contribution is 7.91. The molecule has 2 aromatic carbocycles. The number of hydrogen-bond donors (Lipinski definition) is 1. The second kappa shape index (κ2) is 8.47. The van der Waals surface area contributed by atoms with Crippen molar-refractivity contribution in [2.75, 3.05) is 11.1 Å². The molecule has 7 nitrogen and oxygen atoms in total. The van der Waals surface area contributed by atoms with Crippen molar-refractivity contribution in [1.82, 2.24) is 9.13 Å². The van der Waals surface area contributed by atoms with E-state index in [1.165, 1.54) is 15.2 Å². The number of unbranched alkanes of at least 4 members (excludes halogenated alkanes) is 1. The van der Waals surface area contributed by atoms with E-state index in [1.807, 2.05) is 38.1 Å². The molecule has 0 spiro atoms. The molecular formula is C22H27N3O4S. The molecule has 0 aliphatic heterocycles. The predicted octanol–water partition coefficient (Wildman–Crippen LogP) is 2.94. The molecule has 8 heteroatoms. The first kappa shape index (κ1) is 21.8. The number of fused-ring (bicyclic) bond motifs is 1. The van der Waals surface area contributed by atoms with Gasteiger partial charge in [0.25, 0.3) is 0 Å². The summed E-state index contributed by atoms with van der Waals surface area (Å²) in [6, 6.07) is 10.7. The minimum Gasteiger partial charge on any atom is -0.325 e. The smallest absolute Gasteiger partial charge is 0.325 e. The maximum Gasteiger partial charge on any atom is 0.328 e. The standard InChI is InChI=1S/C22H27N3O4S/c1-5-6-11-30(28,29)20-14-19-18(24(3)22(27)25(19)4)13-17(20)23-21(26)12-16-9-7-15(2)8-10-16/h7-10,13-14H,5-6,11-12H2,1-4H3,(H,23,26). The van der Waals surface area contributed by atoms with E-state index in [-0.39, 0.29) is 34.4 Å². The Bertz CT molecular complexity index is 1250. The van der Waals surface area contributed by atoms with Gasteiger partial charge in [-0.3, -0.25) is 13.9 Å². The van der Waals surface area contributed by atoms with Crippen LogP contribution in [0.4, 0.5) is 5.69 Å². The summed E-state index contributed by atoms with van der Waals surface area (Å²) in [5, 5.41) is 2.76. The molecule has 160 valence electrons. The van der Waals surface area contributed by atoms with E-state index < -0.39 is 9.84 Å². The van der Waals surface area contributed by atoms with Crippen LogP contribution in [-0.2, 0) is 35.1 Å². The zero-order valence-electron chi connectivity index (χ0n) is 17.7. The van der Waals surface area contributed by atoms with Crippen LogP contribution in [0.1, 0.15) is 30.9 Å². The van der Waals surface area contributed by atoms with Crippen molar-refractivity contribution in [2.24, 2.45) is 14.1 Å². The lowest BCUT2D eigenvalue weighted by Gasteiger charge is -2.13. The monoisotopic (exact) mass is 429 g/mol. The Morgan fingerprint density at radius 1 is 1.03 bits per heavy atom. The second-order valence-electron chi connectivity index (χ2n) is 7.62. The van der Waals surface area contributed by atoms with Crippen LogP contribution in [0, 0.1) is 6.92 Å². The maximum absolute atomic E-state index is 13.0. The second-order valence-corrected chi connectivity index (χ2v) is 9.70. The number of carbonyl (C=O) groups excluding carboxylic acids is 1. The van der Waals surface area contributed by atoms with Gasteiger partial charge in [0.2, 0.25) is 5.91 Å². The lowest BCUT2D eigenvalue weighted by atomic mass is 10.1. The SMILES string of the molecule is CCCCS(=O)(=O)c1cc2c(cc1NC(=O)Cc1ccc(C)cc1)n(C)c(=O)n2C. The molecule has 0 atom stereocenters. The third-order valence-electron chi connectivity index (χ3n) is 5.23. The molecule has 3 rings (SSSR count). The number of sulfone groups is 1. The number of nitrogens with one attached hydrogen (secondary N) is 1. The minimum atomic E-state index is -3.63. The van der Waals surface area contributed by atoms with Gasteiger partial charge < -0.3 is 5.32 Å². The minimum absolute atomic E-state index is 0.0172. The number of nitrogens with zero attached hydrogens (tertiary/aromatic N) is 2. The van der Waals surface area contributed by atoms with Gasteiger partial charge in [0.15, 0.2) is 9.84 Å². The number of rotatable bonds is 7. The van der Waals surface area contributed by atoms with Gasteiger partial charge in [-0.15, -0.1) is 0 Å². The van der Waals surface area contributed by atoms with E-state index in [2.05, 4.69) is 5.32 Å². The maximum atomic E-state index is 13.0. The third kappa shape index (κ3) is 4.33. The molecule has 0 fully saturated rings. The van der Waals surface area contributed by atoms with Crippen LogP contribution in [0.3, 0.4) is 0 Å². The molecular weight excluding hydrogens is 402 g/mol. The number of carbonyl (C=O) groups is 1. The van der Waals surface area contributed by atoms with Gasteiger partial charge in [-0.05, 0) is 31.0 Å². The summed E-state index contributed by atoms with van der Waals surface area (Å²) in [4.78, 5) is 25.0. The van der Waals surface area contributed by atoms with Gasteiger partial charge in [-0.2, -0.15) is 0 Å². The van der Waals surface area contributed by atoms with Crippen LogP contribution in [-0.4, -0.2) is 29.2 Å². The van der Waals surface area contributed by atoms with Crippen molar-refractivity contribution in [3.05, 3.63) is 58.0 Å². The Hall–Kier alpha value is -2.87. The van der Waals surface area contributed by atoms with Crippen molar-refractivity contribution in [3.8, 4) is 0 Å². The Morgan fingerprint density at radius 3 is 2.23 bits per heavy atom. The summed E-state index contributed by atoms with van der Waals surface area (Å²) in [6.45, 7) is 3.89. The Morgan fingerprint density at radius 2 is 1.63 bits per heavy atom. The van der Waals surface area contributed by atoms with Crippen molar-refractivity contribution >= 4 is 32.5 Å². The summed E-state index contributed by atoms with van der Waals surface area (Å²) >= 11 is 0. The predicted molar refractivity (Wildman–Crippen MR) is 119 cm³/mol. The molecule has 0 aliphatic rings. The zero-order valence-corrected chi connectivity index (χ0v) is 18.5. The number of anilines is 1. The molecule has 0 saturated heterocycles. The number of benzene rings is 2. The number of hydrogen-bond acceptors (Lipinski definition) is 4. The summed E-state index contributed by atoms with van der Waals surface area (Å²) in [5.74, 6) is -0.331. The van der Waals surface area contributed by atoms with Gasteiger partial charge in [-0.1, -0.05) is 43.2 Å². The summed E-state index contributed by atoms with van der Waals surface area (Å²) < 4.78 is 28.8. The lowest BCUT2D eigenvalue weighted by molar-refractivity contribution is -0.115. The highest BCUT2D eigenvalue weighted by Gasteiger charge is 2.23. The molecule has 0 unspecified atom stereocenters. The quantitative estimate of drug-likeness (QED) is 0.625. The highest BCUT2D eigenvalue weighted by atomic mass is 32.2. The Kier molecular flexibility index (Phi) is 6.17. The van der Waals surface area contributed by atoms with E-state index in [0.29, 0.717) is 17.5 Å². The van der Waals surface area contributed by atoms with Gasteiger partial charge in [0.05, 0.1) is 33.8 Å². The van der Waals surface area contributed by atoms with E-state index in [9.17, 15) is 18.0 Å². The third-order valence-corrected chi connectivity index (χ3v) is 7.07. The molecule has 0 radical (unpaired) electrons. The van der Waals surface area contributed by atoms with Crippen molar-refractivity contribution in [2.45, 2.75) is 38.0 Å². The fourth-order valence-corrected chi connectivity index (χ4v) is 5.04. The van der Waals surface area contributed by atoms with E-state index in [0.717, 1.165) is 17.5 Å². The van der Waals surface area contributed by atoms with Crippen LogP contribution in [0.25, 0.3) is 11.0 Å². The van der Waals surface area contributed by atoms with Crippen LogP contribution in [0.2, 0.25) is 0 Å². The molecule has 1 N–H and O–H groups in total. The lowest BCUT2D eigenvalue weighted by Crippen LogP contribution is -2.19.